The first-order chi connectivity index (χ1) is 13.4. The highest BCUT2D eigenvalue weighted by atomic mass is 32.1. The van der Waals surface area contributed by atoms with Crippen LogP contribution in [0.5, 0.6) is 0 Å². The number of aliphatic carboxylic acids is 1. The van der Waals surface area contributed by atoms with Gasteiger partial charge in [0.15, 0.2) is 0 Å². The van der Waals surface area contributed by atoms with Gasteiger partial charge in [-0.25, -0.2) is 4.79 Å². The van der Waals surface area contributed by atoms with Crippen LogP contribution in [-0.2, 0) is 20.8 Å². The van der Waals surface area contributed by atoms with Gasteiger partial charge < -0.3 is 26.0 Å². The van der Waals surface area contributed by atoms with Crippen LogP contribution in [0.2, 0.25) is 0 Å². The van der Waals surface area contributed by atoms with Crippen LogP contribution in [0, 0.1) is 0 Å². The molecule has 1 aromatic heterocycles. The van der Waals surface area contributed by atoms with Crippen molar-refractivity contribution in [2.45, 2.75) is 37.4 Å². The summed E-state index contributed by atoms with van der Waals surface area (Å²) in [5, 5.41) is 12.6. The molecule has 150 valence electrons. The summed E-state index contributed by atoms with van der Waals surface area (Å²) in [6.07, 6.45) is 3.34. The normalized spacial score (nSPS) is 18.8. The lowest BCUT2D eigenvalue weighted by atomic mass is 10.0. The van der Waals surface area contributed by atoms with E-state index in [0.29, 0.717) is 25.8 Å². The standard InChI is InChI=1S/C19H24N4O4S/c20-13(8-11-9-21-14-5-2-1-4-12(11)14)18(25)23-7-3-6-16(23)17(24)22-15(10-28)19(26)27/h1-2,4-5,9,13,15-16,21,28H,3,6-8,10,20H2,(H,22,24)(H,26,27)/t13-,15-,16-/m0/s1. The molecule has 1 fully saturated rings. The van der Waals surface area contributed by atoms with Crippen molar-refractivity contribution >= 4 is 41.3 Å². The summed E-state index contributed by atoms with van der Waals surface area (Å²) in [7, 11) is 0. The second-order valence-electron chi connectivity index (χ2n) is 6.94. The molecule has 1 saturated heterocycles. The fourth-order valence-electron chi connectivity index (χ4n) is 3.59. The van der Waals surface area contributed by atoms with Crippen molar-refractivity contribution in [3.05, 3.63) is 36.0 Å². The highest BCUT2D eigenvalue weighted by Gasteiger charge is 2.37. The Morgan fingerprint density at radius 3 is 2.82 bits per heavy atom. The topological polar surface area (TPSA) is 129 Å². The molecule has 0 unspecified atom stereocenters. The first kappa shape index (κ1) is 20.2. The number of carbonyl (C=O) groups excluding carboxylic acids is 2. The number of amides is 2. The number of nitrogens with two attached hydrogens (primary N) is 1. The van der Waals surface area contributed by atoms with Crippen LogP contribution in [-0.4, -0.2) is 63.2 Å². The second-order valence-corrected chi connectivity index (χ2v) is 7.31. The summed E-state index contributed by atoms with van der Waals surface area (Å²) >= 11 is 3.95. The molecule has 9 heteroatoms. The molecule has 8 nitrogen and oxygen atoms in total. The lowest BCUT2D eigenvalue weighted by molar-refractivity contribution is -0.143. The monoisotopic (exact) mass is 404 g/mol. The molecule has 2 amide bonds. The number of hydrogen-bond donors (Lipinski definition) is 5. The highest BCUT2D eigenvalue weighted by Crippen LogP contribution is 2.22. The predicted octanol–water partition coefficient (Wildman–Crippen LogP) is 0.528. The van der Waals surface area contributed by atoms with Crippen molar-refractivity contribution in [3.63, 3.8) is 0 Å². The Labute approximate surface area is 167 Å². The van der Waals surface area contributed by atoms with E-state index >= 15 is 0 Å². The number of nitrogens with one attached hydrogen (secondary N) is 2. The number of rotatable bonds is 7. The Morgan fingerprint density at radius 1 is 1.36 bits per heavy atom. The van der Waals surface area contributed by atoms with Crippen molar-refractivity contribution in [2.75, 3.05) is 12.3 Å². The van der Waals surface area contributed by atoms with Gasteiger partial charge in [0, 0.05) is 29.4 Å². The molecule has 5 N–H and O–H groups in total. The van der Waals surface area contributed by atoms with Gasteiger partial charge in [-0.15, -0.1) is 0 Å². The number of carbonyl (C=O) groups is 3. The number of thiol groups is 1. The number of carboxylic acid groups (broad SMARTS) is 1. The fourth-order valence-corrected chi connectivity index (χ4v) is 3.84. The van der Waals surface area contributed by atoms with Gasteiger partial charge in [-0.3, -0.25) is 9.59 Å². The van der Waals surface area contributed by atoms with Crippen LogP contribution in [0.1, 0.15) is 18.4 Å². The average molecular weight is 404 g/mol. The minimum atomic E-state index is -1.16. The molecular weight excluding hydrogens is 380 g/mol. The molecule has 28 heavy (non-hydrogen) atoms. The largest absolute Gasteiger partial charge is 0.480 e. The summed E-state index contributed by atoms with van der Waals surface area (Å²) < 4.78 is 0. The zero-order chi connectivity index (χ0) is 20.3. The Morgan fingerprint density at radius 2 is 2.11 bits per heavy atom. The third kappa shape index (κ3) is 4.15. The number of likely N-dealkylation sites (tertiary alicyclic amines) is 1. The second kappa shape index (κ2) is 8.66. The molecule has 2 heterocycles. The molecule has 2 aromatic rings. The molecule has 1 aliphatic rings. The van der Waals surface area contributed by atoms with Crippen molar-refractivity contribution in [1.29, 1.82) is 0 Å². The minimum absolute atomic E-state index is 0.0260. The number of benzene rings is 1. The van der Waals surface area contributed by atoms with E-state index in [9.17, 15) is 14.4 Å². The molecule has 1 aliphatic heterocycles. The number of nitrogens with zero attached hydrogens (tertiary/aromatic N) is 1. The summed E-state index contributed by atoms with van der Waals surface area (Å²) in [5.41, 5.74) is 8.09. The molecule has 0 aliphatic carbocycles. The number of carboxylic acids is 1. The number of H-pyrrole nitrogens is 1. The van der Waals surface area contributed by atoms with Gasteiger partial charge in [0.1, 0.15) is 12.1 Å². The molecule has 3 rings (SSSR count). The van der Waals surface area contributed by atoms with E-state index in [1.807, 2.05) is 30.5 Å². The van der Waals surface area contributed by atoms with Crippen LogP contribution < -0.4 is 11.1 Å². The van der Waals surface area contributed by atoms with E-state index in [1.54, 1.807) is 0 Å². The number of para-hydroxylation sites is 1. The summed E-state index contributed by atoms with van der Waals surface area (Å²) in [6, 6.07) is 5.19. The van der Waals surface area contributed by atoms with Gasteiger partial charge in [-0.1, -0.05) is 18.2 Å². The van der Waals surface area contributed by atoms with E-state index in [4.69, 9.17) is 10.8 Å². The molecule has 3 atom stereocenters. The third-order valence-corrected chi connectivity index (χ3v) is 5.43. The zero-order valence-electron chi connectivity index (χ0n) is 15.3. The maximum Gasteiger partial charge on any atom is 0.327 e. The van der Waals surface area contributed by atoms with E-state index in [2.05, 4.69) is 22.9 Å². The molecular formula is C19H24N4O4S. The van der Waals surface area contributed by atoms with Gasteiger partial charge in [0.25, 0.3) is 0 Å². The lowest BCUT2D eigenvalue weighted by Gasteiger charge is -2.27. The first-order valence-corrected chi connectivity index (χ1v) is 9.80. The van der Waals surface area contributed by atoms with Crippen LogP contribution in [0.25, 0.3) is 10.9 Å². The third-order valence-electron chi connectivity index (χ3n) is 5.07. The van der Waals surface area contributed by atoms with Crippen LogP contribution in [0.4, 0.5) is 0 Å². The van der Waals surface area contributed by atoms with E-state index < -0.39 is 30.0 Å². The van der Waals surface area contributed by atoms with Crippen molar-refractivity contribution in [2.24, 2.45) is 5.73 Å². The summed E-state index contributed by atoms with van der Waals surface area (Å²) in [4.78, 5) is 41.1. The van der Waals surface area contributed by atoms with Gasteiger partial charge >= 0.3 is 5.97 Å². The van der Waals surface area contributed by atoms with Crippen molar-refractivity contribution in [1.82, 2.24) is 15.2 Å². The molecule has 0 spiro atoms. The first-order valence-electron chi connectivity index (χ1n) is 9.17. The van der Waals surface area contributed by atoms with Crippen LogP contribution in [0.15, 0.2) is 30.5 Å². The predicted molar refractivity (Wildman–Crippen MR) is 108 cm³/mol. The molecule has 0 radical (unpaired) electrons. The number of hydrogen-bond acceptors (Lipinski definition) is 5. The number of aromatic nitrogens is 1. The minimum Gasteiger partial charge on any atom is -0.480 e. The van der Waals surface area contributed by atoms with Crippen molar-refractivity contribution in [3.8, 4) is 0 Å². The quantitative estimate of drug-likeness (QED) is 0.430. The Kier molecular flexibility index (Phi) is 6.25. The average Bonchev–Trinajstić information content (AvgIpc) is 3.32. The van der Waals surface area contributed by atoms with Gasteiger partial charge in [-0.2, -0.15) is 12.6 Å². The van der Waals surface area contributed by atoms with E-state index in [0.717, 1.165) is 16.5 Å². The van der Waals surface area contributed by atoms with Gasteiger partial charge in [0.05, 0.1) is 6.04 Å². The summed E-state index contributed by atoms with van der Waals surface area (Å²) in [6.45, 7) is 0.428. The van der Waals surface area contributed by atoms with Crippen molar-refractivity contribution < 1.29 is 19.5 Å². The fraction of sp³-hybridized carbons (Fsp3) is 0.421. The summed E-state index contributed by atoms with van der Waals surface area (Å²) in [5.74, 6) is -1.97. The van der Waals surface area contributed by atoms with E-state index in [1.165, 1.54) is 4.90 Å². The Balaban J connectivity index is 1.68. The van der Waals surface area contributed by atoms with Crippen LogP contribution in [0.3, 0.4) is 0 Å². The Hall–Kier alpha value is -2.52. The zero-order valence-corrected chi connectivity index (χ0v) is 16.2. The van der Waals surface area contributed by atoms with Gasteiger partial charge in [-0.05, 0) is 30.9 Å². The number of fused-ring (bicyclic) bond motifs is 1. The Bertz CT molecular complexity index is 884. The van der Waals surface area contributed by atoms with E-state index in [-0.39, 0.29) is 11.7 Å². The molecule has 1 aromatic carbocycles. The lowest BCUT2D eigenvalue weighted by Crippen LogP contribution is -2.54. The number of aromatic amines is 1. The maximum atomic E-state index is 12.9. The molecule has 0 bridgehead atoms. The highest BCUT2D eigenvalue weighted by molar-refractivity contribution is 7.80. The smallest absolute Gasteiger partial charge is 0.327 e. The molecule has 0 saturated carbocycles. The maximum absolute atomic E-state index is 12.9. The SMILES string of the molecule is N[C@@H](Cc1c[nH]c2ccccc12)C(=O)N1CCC[C@H]1C(=O)N[C@@H](CS)C(=O)O. The van der Waals surface area contributed by atoms with Gasteiger partial charge in [0.2, 0.25) is 11.8 Å². The van der Waals surface area contributed by atoms with Crippen LogP contribution >= 0.6 is 12.6 Å².